The molecule has 0 unspecified atom stereocenters. The first-order chi connectivity index (χ1) is 8.93. The molecular formula is C15H19N3O. The number of nitrogens with one attached hydrogen (secondary N) is 2. The number of aromatic amines is 1. The number of hydrogen-bond donors (Lipinski definition) is 2. The Kier molecular flexibility index (Phi) is 2.62. The summed E-state index contributed by atoms with van der Waals surface area (Å²) in [6.07, 6.45) is 2.04. The van der Waals surface area contributed by atoms with E-state index in [0.29, 0.717) is 0 Å². The highest BCUT2D eigenvalue weighted by Crippen LogP contribution is 2.30. The van der Waals surface area contributed by atoms with Crippen LogP contribution in [-0.2, 0) is 10.2 Å². The van der Waals surface area contributed by atoms with Gasteiger partial charge in [0.25, 0.3) is 0 Å². The zero-order valence-electron chi connectivity index (χ0n) is 11.6. The summed E-state index contributed by atoms with van der Waals surface area (Å²) >= 11 is 0. The monoisotopic (exact) mass is 257 g/mol. The van der Waals surface area contributed by atoms with Crippen LogP contribution in [0.15, 0.2) is 18.2 Å². The third-order valence-electron chi connectivity index (χ3n) is 3.41. The summed E-state index contributed by atoms with van der Waals surface area (Å²) in [7, 11) is 0. The molecule has 2 aromatic rings. The average molecular weight is 257 g/mol. The van der Waals surface area contributed by atoms with E-state index in [-0.39, 0.29) is 17.2 Å². The molecule has 1 fully saturated rings. The number of anilines is 1. The molecule has 1 saturated carbocycles. The van der Waals surface area contributed by atoms with Crippen LogP contribution in [0.4, 0.5) is 5.69 Å². The largest absolute Gasteiger partial charge is 0.341 e. The maximum absolute atomic E-state index is 11.7. The van der Waals surface area contributed by atoms with Crippen molar-refractivity contribution in [1.82, 2.24) is 9.97 Å². The predicted molar refractivity (Wildman–Crippen MR) is 76.1 cm³/mol. The Balaban J connectivity index is 1.89. The molecule has 1 aromatic heterocycles. The van der Waals surface area contributed by atoms with Gasteiger partial charge in [0.05, 0.1) is 11.0 Å². The van der Waals surface area contributed by atoms with Gasteiger partial charge in [0.1, 0.15) is 5.82 Å². The van der Waals surface area contributed by atoms with Crippen molar-refractivity contribution in [2.24, 2.45) is 5.92 Å². The molecule has 2 N–H and O–H groups in total. The Morgan fingerprint density at radius 3 is 2.74 bits per heavy atom. The van der Waals surface area contributed by atoms with E-state index in [1.807, 2.05) is 18.2 Å². The van der Waals surface area contributed by atoms with Gasteiger partial charge in [0, 0.05) is 17.0 Å². The summed E-state index contributed by atoms with van der Waals surface area (Å²) in [5.74, 6) is 1.32. The molecule has 0 aliphatic heterocycles. The first-order valence-electron chi connectivity index (χ1n) is 6.74. The van der Waals surface area contributed by atoms with Crippen molar-refractivity contribution < 1.29 is 4.79 Å². The highest BCUT2D eigenvalue weighted by Gasteiger charge is 2.29. The molecule has 1 aliphatic carbocycles. The molecule has 0 atom stereocenters. The van der Waals surface area contributed by atoms with Gasteiger partial charge < -0.3 is 10.3 Å². The number of nitrogens with zero attached hydrogens (tertiary/aromatic N) is 1. The van der Waals surface area contributed by atoms with E-state index in [4.69, 9.17) is 0 Å². The van der Waals surface area contributed by atoms with E-state index in [9.17, 15) is 4.79 Å². The standard InChI is InChI=1S/C15H19N3O/c1-15(2,3)14-17-11-7-6-10(8-12(11)18-14)16-13(19)9-4-5-9/h6-9H,4-5H2,1-3H3,(H,16,19)(H,17,18). The minimum atomic E-state index is -0.00353. The minimum absolute atomic E-state index is 0.00353. The van der Waals surface area contributed by atoms with E-state index in [0.717, 1.165) is 35.4 Å². The van der Waals surface area contributed by atoms with Crippen LogP contribution in [0, 0.1) is 5.92 Å². The first kappa shape index (κ1) is 12.2. The number of hydrogen-bond acceptors (Lipinski definition) is 2. The SMILES string of the molecule is CC(C)(C)c1nc2ccc(NC(=O)C3CC3)cc2[nH]1. The number of rotatable bonds is 2. The Morgan fingerprint density at radius 2 is 2.11 bits per heavy atom. The van der Waals surface area contributed by atoms with Crippen molar-refractivity contribution in [2.45, 2.75) is 39.0 Å². The number of carbonyl (C=O) groups is 1. The number of amides is 1. The van der Waals surface area contributed by atoms with E-state index >= 15 is 0 Å². The van der Waals surface area contributed by atoms with Crippen LogP contribution in [-0.4, -0.2) is 15.9 Å². The van der Waals surface area contributed by atoms with Gasteiger partial charge in [-0.3, -0.25) is 4.79 Å². The molecule has 0 bridgehead atoms. The Bertz CT molecular complexity index is 632. The molecule has 1 heterocycles. The molecule has 1 aromatic carbocycles. The Hall–Kier alpha value is -1.84. The summed E-state index contributed by atoms with van der Waals surface area (Å²) in [6, 6.07) is 5.82. The summed E-state index contributed by atoms with van der Waals surface area (Å²) < 4.78 is 0. The van der Waals surface area contributed by atoms with Crippen molar-refractivity contribution >= 4 is 22.6 Å². The molecule has 100 valence electrons. The van der Waals surface area contributed by atoms with Gasteiger partial charge in [-0.2, -0.15) is 0 Å². The number of benzene rings is 1. The summed E-state index contributed by atoms with van der Waals surface area (Å²) in [5.41, 5.74) is 2.75. The molecular weight excluding hydrogens is 238 g/mol. The van der Waals surface area contributed by atoms with E-state index in [2.05, 4.69) is 36.1 Å². The van der Waals surface area contributed by atoms with Gasteiger partial charge in [-0.25, -0.2) is 4.98 Å². The van der Waals surface area contributed by atoms with Gasteiger partial charge in [-0.05, 0) is 31.0 Å². The number of fused-ring (bicyclic) bond motifs is 1. The van der Waals surface area contributed by atoms with Crippen molar-refractivity contribution in [2.75, 3.05) is 5.32 Å². The van der Waals surface area contributed by atoms with Crippen molar-refractivity contribution in [3.8, 4) is 0 Å². The van der Waals surface area contributed by atoms with Gasteiger partial charge in [0.15, 0.2) is 0 Å². The third kappa shape index (κ3) is 2.48. The molecule has 0 radical (unpaired) electrons. The van der Waals surface area contributed by atoms with E-state index < -0.39 is 0 Å². The first-order valence-corrected chi connectivity index (χ1v) is 6.74. The lowest BCUT2D eigenvalue weighted by Crippen LogP contribution is -2.13. The highest BCUT2D eigenvalue weighted by atomic mass is 16.2. The molecule has 1 aliphatic rings. The van der Waals surface area contributed by atoms with E-state index in [1.54, 1.807) is 0 Å². The highest BCUT2D eigenvalue weighted by molar-refractivity contribution is 5.95. The lowest BCUT2D eigenvalue weighted by Gasteiger charge is -2.13. The lowest BCUT2D eigenvalue weighted by atomic mass is 9.96. The average Bonchev–Trinajstić information content (AvgIpc) is 3.07. The topological polar surface area (TPSA) is 57.8 Å². The van der Waals surface area contributed by atoms with Crippen LogP contribution < -0.4 is 5.32 Å². The van der Waals surface area contributed by atoms with Crippen molar-refractivity contribution in [3.05, 3.63) is 24.0 Å². The maximum atomic E-state index is 11.7. The second-order valence-corrected chi connectivity index (χ2v) is 6.33. The minimum Gasteiger partial charge on any atom is -0.341 e. The number of H-pyrrole nitrogens is 1. The summed E-state index contributed by atoms with van der Waals surface area (Å²) in [5, 5.41) is 2.96. The molecule has 0 saturated heterocycles. The van der Waals surface area contributed by atoms with Gasteiger partial charge in [0.2, 0.25) is 5.91 Å². The fraction of sp³-hybridized carbons (Fsp3) is 0.467. The number of aromatic nitrogens is 2. The van der Waals surface area contributed by atoms with Crippen LogP contribution >= 0.6 is 0 Å². The third-order valence-corrected chi connectivity index (χ3v) is 3.41. The van der Waals surface area contributed by atoms with E-state index in [1.165, 1.54) is 0 Å². The second-order valence-electron chi connectivity index (χ2n) is 6.33. The zero-order valence-corrected chi connectivity index (χ0v) is 11.6. The van der Waals surface area contributed by atoms with Gasteiger partial charge in [-0.1, -0.05) is 20.8 Å². The Labute approximate surface area is 112 Å². The normalized spacial score (nSPS) is 15.7. The van der Waals surface area contributed by atoms with Gasteiger partial charge in [-0.15, -0.1) is 0 Å². The van der Waals surface area contributed by atoms with Crippen molar-refractivity contribution in [1.29, 1.82) is 0 Å². The van der Waals surface area contributed by atoms with Crippen LogP contribution in [0.3, 0.4) is 0 Å². The zero-order chi connectivity index (χ0) is 13.6. The number of imidazole rings is 1. The molecule has 1 amide bonds. The molecule has 3 rings (SSSR count). The van der Waals surface area contributed by atoms with Crippen LogP contribution in [0.5, 0.6) is 0 Å². The smallest absolute Gasteiger partial charge is 0.227 e. The molecule has 4 nitrogen and oxygen atoms in total. The second kappa shape index (κ2) is 4.08. The van der Waals surface area contributed by atoms with Crippen LogP contribution in [0.1, 0.15) is 39.4 Å². The fourth-order valence-electron chi connectivity index (χ4n) is 2.03. The molecule has 0 spiro atoms. The summed E-state index contributed by atoms with van der Waals surface area (Å²) in [4.78, 5) is 19.7. The fourth-order valence-corrected chi connectivity index (χ4v) is 2.03. The van der Waals surface area contributed by atoms with Gasteiger partial charge >= 0.3 is 0 Å². The summed E-state index contributed by atoms with van der Waals surface area (Å²) in [6.45, 7) is 6.38. The van der Waals surface area contributed by atoms with Crippen LogP contribution in [0.25, 0.3) is 11.0 Å². The molecule has 4 heteroatoms. The number of carbonyl (C=O) groups excluding carboxylic acids is 1. The van der Waals surface area contributed by atoms with Crippen LogP contribution in [0.2, 0.25) is 0 Å². The van der Waals surface area contributed by atoms with Crippen molar-refractivity contribution in [3.63, 3.8) is 0 Å². The molecule has 19 heavy (non-hydrogen) atoms. The lowest BCUT2D eigenvalue weighted by molar-refractivity contribution is -0.117. The Morgan fingerprint density at radius 1 is 1.37 bits per heavy atom. The quantitative estimate of drug-likeness (QED) is 0.868. The predicted octanol–water partition coefficient (Wildman–Crippen LogP) is 3.21. The maximum Gasteiger partial charge on any atom is 0.227 e.